The van der Waals surface area contributed by atoms with Crippen LogP contribution in [0.5, 0.6) is 0 Å². The van der Waals surface area contributed by atoms with Crippen LogP contribution in [0.3, 0.4) is 0 Å². The maximum absolute atomic E-state index is 11.5. The zero-order chi connectivity index (χ0) is 32.1. The van der Waals surface area contributed by atoms with E-state index in [9.17, 15) is 16.8 Å². The average molecular weight is 1060 g/mol. The Labute approximate surface area is 307 Å². The van der Waals surface area contributed by atoms with E-state index in [0.29, 0.717) is 0 Å². The number of hydrogen-bond acceptors (Lipinski definition) is 0. The molecule has 0 saturated heterocycles. The Morgan fingerprint density at radius 1 is 0.522 bits per heavy atom. The molecule has 0 fully saturated rings. The van der Waals surface area contributed by atoms with E-state index in [1.165, 1.54) is 43.0 Å². The maximum Gasteiger partial charge on any atom is 1.00 e. The van der Waals surface area contributed by atoms with Gasteiger partial charge in [0.25, 0.3) is 0 Å². The Kier molecular flexibility index (Phi) is 15.7. The van der Waals surface area contributed by atoms with Gasteiger partial charge in [-0.1, -0.05) is 86.9 Å². The van der Waals surface area contributed by atoms with Gasteiger partial charge in [0.15, 0.2) is 0 Å². The predicted octanol–water partition coefficient (Wildman–Crippen LogP) is 8.58. The molecule has 0 spiro atoms. The normalized spacial score (nSPS) is 13.5. The molecular formula is C36H36Au2F4P2Si2+2. The zero-order valence-electron chi connectivity index (χ0n) is 26.0. The Balaban J connectivity index is 0.000000244. The Morgan fingerprint density at radius 3 is 1.17 bits per heavy atom. The van der Waals surface area contributed by atoms with Crippen molar-refractivity contribution in [2.75, 3.05) is 12.3 Å². The van der Waals surface area contributed by atoms with E-state index in [1.54, 1.807) is 0 Å². The first kappa shape index (κ1) is 40.7. The van der Waals surface area contributed by atoms with Crippen LogP contribution in [-0.4, -0.2) is 28.5 Å². The number of halogens is 4. The first-order valence-corrected chi connectivity index (χ1v) is 23.5. The second-order valence-corrected chi connectivity index (χ2v) is 23.0. The fourth-order valence-corrected chi connectivity index (χ4v) is 13.3. The summed E-state index contributed by atoms with van der Waals surface area (Å²) in [5, 5.41) is 5.99. The second kappa shape index (κ2) is 17.8. The summed E-state index contributed by atoms with van der Waals surface area (Å²) in [4.78, 5) is 0. The Hall–Kier alpha value is -1.51. The van der Waals surface area contributed by atoms with Crippen LogP contribution in [0, 0.1) is 24.7 Å². The molecule has 4 aromatic carbocycles. The monoisotopic (exact) mass is 1060 g/mol. The fraction of sp³-hybridized carbons (Fsp3) is 0.222. The van der Waals surface area contributed by atoms with Crippen molar-refractivity contribution in [2.45, 2.75) is 39.0 Å². The molecular weight excluding hydrogens is 1020 g/mol. The number of fused-ring (bicyclic) bond motifs is 6. The summed E-state index contributed by atoms with van der Waals surface area (Å²) < 4.78 is 45.9. The molecule has 0 N–H and O–H groups in total. The third-order valence-corrected chi connectivity index (χ3v) is 17.0. The van der Waals surface area contributed by atoms with Crippen LogP contribution in [0.1, 0.15) is 24.0 Å². The van der Waals surface area contributed by atoms with Gasteiger partial charge in [0.05, 0.1) is 0 Å². The molecule has 0 nitrogen and oxygen atoms in total. The molecule has 0 radical (unpaired) electrons. The van der Waals surface area contributed by atoms with Crippen LogP contribution < -0.4 is 20.7 Å². The summed E-state index contributed by atoms with van der Waals surface area (Å²) >= 11 is 0. The van der Waals surface area contributed by atoms with Crippen LogP contribution in [0.25, 0.3) is 22.3 Å². The molecule has 46 heavy (non-hydrogen) atoms. The summed E-state index contributed by atoms with van der Waals surface area (Å²) in [6.07, 6.45) is 14.8. The van der Waals surface area contributed by atoms with Gasteiger partial charge in [-0.05, 0) is 72.6 Å². The van der Waals surface area contributed by atoms with Crippen LogP contribution in [0.2, 0.25) is 26.2 Å². The first-order chi connectivity index (χ1) is 20.9. The van der Waals surface area contributed by atoms with Crippen molar-refractivity contribution in [1.29, 1.82) is 0 Å². The van der Waals surface area contributed by atoms with Gasteiger partial charge in [0.1, 0.15) is 28.5 Å². The summed E-state index contributed by atoms with van der Waals surface area (Å²) in [6.45, 7) is 9.58. The summed E-state index contributed by atoms with van der Waals surface area (Å²) in [5.41, 5.74) is 7.08. The number of unbranched alkanes of at least 4 members (excludes halogenated alkanes) is 1. The molecule has 6 rings (SSSR count). The zero-order valence-corrected chi connectivity index (χ0v) is 34.4. The molecule has 2 aliphatic heterocycles. The molecule has 2 heterocycles. The molecule has 10 heteroatoms. The molecule has 0 unspecified atom stereocenters. The molecule has 0 bridgehead atoms. The molecule has 4 aromatic rings. The van der Waals surface area contributed by atoms with Crippen molar-refractivity contribution in [3.63, 3.8) is 0 Å². The maximum atomic E-state index is 11.5. The van der Waals surface area contributed by atoms with E-state index in [4.69, 9.17) is 12.8 Å². The van der Waals surface area contributed by atoms with Crippen molar-refractivity contribution in [3.05, 3.63) is 109 Å². The second-order valence-electron chi connectivity index (χ2n) is 12.0. The van der Waals surface area contributed by atoms with Crippen molar-refractivity contribution >= 4 is 54.0 Å². The van der Waals surface area contributed by atoms with E-state index < -0.39 is 33.2 Å². The minimum absolute atomic E-state index is 0. The third-order valence-electron chi connectivity index (χ3n) is 8.44. The summed E-state index contributed by atoms with van der Waals surface area (Å²) in [7, 11) is -9.34. The molecule has 0 saturated carbocycles. The van der Waals surface area contributed by atoms with Crippen LogP contribution in [-0.2, 0) is 44.8 Å². The third kappa shape index (κ3) is 9.14. The van der Waals surface area contributed by atoms with E-state index >= 15 is 0 Å². The Morgan fingerprint density at radius 2 is 0.848 bits per heavy atom. The topological polar surface area (TPSA) is 0 Å². The molecule has 0 atom stereocenters. The average Bonchev–Trinajstić information content (AvgIpc) is 3.39. The van der Waals surface area contributed by atoms with Crippen LogP contribution in [0.15, 0.2) is 84.9 Å². The van der Waals surface area contributed by atoms with Crippen LogP contribution in [0.4, 0.5) is 16.8 Å². The van der Waals surface area contributed by atoms with E-state index in [2.05, 4.69) is 111 Å². The molecule has 246 valence electrons. The van der Waals surface area contributed by atoms with Gasteiger partial charge in [-0.15, -0.1) is 35.4 Å². The molecule has 0 aromatic heterocycles. The van der Waals surface area contributed by atoms with Gasteiger partial charge in [-0.25, -0.2) is 0 Å². The van der Waals surface area contributed by atoms with Gasteiger partial charge in [-0.3, -0.25) is 11.8 Å². The smallest absolute Gasteiger partial charge is 0.366 e. The number of rotatable bonds is 5. The predicted molar refractivity (Wildman–Crippen MR) is 190 cm³/mol. The van der Waals surface area contributed by atoms with Gasteiger partial charge in [0.2, 0.25) is 0 Å². The molecule has 0 aliphatic carbocycles. The number of hydrogen-bond donors (Lipinski definition) is 0. The minimum atomic E-state index is -3.17. The van der Waals surface area contributed by atoms with E-state index in [-0.39, 0.29) is 69.9 Å². The fourth-order valence-electron chi connectivity index (χ4n) is 6.11. The van der Waals surface area contributed by atoms with Gasteiger partial charge in [-0.2, -0.15) is 0 Å². The molecule has 0 amide bonds. The van der Waals surface area contributed by atoms with Crippen molar-refractivity contribution in [1.82, 2.24) is 0 Å². The van der Waals surface area contributed by atoms with E-state index in [0.717, 1.165) is 11.1 Å². The SMILES string of the molecule is F[PH+](F)CCCC[PH+](F)F.[Au+].[Au+].[C-]#Cc1ccc2c(c1)-c1ccccc1[Si]2(C)C.[C-]#Cc1ccc2c(c1)-c1ccccc1[Si]2(C)C. The van der Waals surface area contributed by atoms with Crippen molar-refractivity contribution < 1.29 is 61.5 Å². The van der Waals surface area contributed by atoms with Gasteiger partial charge < -0.3 is 12.8 Å². The van der Waals surface area contributed by atoms with Crippen molar-refractivity contribution in [3.8, 4) is 34.1 Å². The summed E-state index contributed by atoms with van der Waals surface area (Å²) in [6, 6.07) is 30.0. The quantitative estimate of drug-likeness (QED) is 0.0470. The first-order valence-electron chi connectivity index (χ1n) is 14.6. The number of benzene rings is 4. The van der Waals surface area contributed by atoms with Gasteiger partial charge in [0, 0.05) is 0 Å². The van der Waals surface area contributed by atoms with Crippen molar-refractivity contribution in [2.24, 2.45) is 0 Å². The van der Waals surface area contributed by atoms with Crippen LogP contribution >= 0.6 is 17.1 Å². The largest absolute Gasteiger partial charge is 1.00 e. The Bertz CT molecular complexity index is 1600. The standard InChI is InChI=1S/2C16H13Si.C4H8F4P2.2Au/c2*1-4-12-9-10-16-14(11-12)13-7-5-6-8-15(13)17(16,2)3;5-9(6)3-1-2-4-10(7)8;;/h2*5-11H,2-3H3;1-4H2;;/q2*-1;;2*+1/p+2. The summed E-state index contributed by atoms with van der Waals surface area (Å²) in [5.74, 6) is 4.96. The van der Waals surface area contributed by atoms with Gasteiger partial charge >= 0.3 is 61.8 Å². The van der Waals surface area contributed by atoms with E-state index in [1.807, 2.05) is 12.1 Å². The minimum Gasteiger partial charge on any atom is -0.366 e. The molecule has 2 aliphatic rings.